The van der Waals surface area contributed by atoms with Crippen LogP contribution in [0.15, 0.2) is 0 Å². The molecule has 0 spiro atoms. The molecule has 0 aromatic carbocycles. The van der Waals surface area contributed by atoms with Crippen LogP contribution in [0.1, 0.15) is 87.0 Å². The fraction of sp³-hybridized carbons (Fsp3) is 0.821. The van der Waals surface area contributed by atoms with E-state index in [0.29, 0.717) is 19.4 Å². The first kappa shape index (κ1) is 35.7. The quantitative estimate of drug-likeness (QED) is 0.147. The Balaban J connectivity index is 5.53. The molecule has 0 radical (unpaired) electrons. The van der Waals surface area contributed by atoms with E-state index in [1.807, 2.05) is 13.8 Å². The molecule has 10 nitrogen and oxygen atoms in total. The zero-order valence-corrected chi connectivity index (χ0v) is 24.6. The summed E-state index contributed by atoms with van der Waals surface area (Å²) in [6, 6.07) is -2.24. The van der Waals surface area contributed by atoms with Crippen molar-refractivity contribution in [2.75, 3.05) is 13.6 Å². The van der Waals surface area contributed by atoms with Gasteiger partial charge in [0.15, 0.2) is 11.6 Å². The minimum absolute atomic E-state index is 0.0365. The Morgan fingerprint density at radius 1 is 0.763 bits per heavy atom. The number of aliphatic carboxylic acids is 1. The Hall–Kier alpha value is -2.33. The summed E-state index contributed by atoms with van der Waals surface area (Å²) < 4.78 is 0. The lowest BCUT2D eigenvalue weighted by molar-refractivity contribution is -0.144. The van der Waals surface area contributed by atoms with Gasteiger partial charge in [-0.15, -0.1) is 0 Å². The SMILES string of the molecule is CCC(C)[C@H](NC)C(=O)C[C@@H](CCCCN)C(=O)N[C@H](C(=O)C[C@@H](C)C(=O)N[C@H](C(=O)O)C(C)C)C(C)C. The Kier molecular flexibility index (Phi) is 16.9. The Morgan fingerprint density at radius 3 is 1.74 bits per heavy atom. The van der Waals surface area contributed by atoms with E-state index in [1.165, 1.54) is 0 Å². The Bertz CT molecular complexity index is 785. The van der Waals surface area contributed by atoms with Gasteiger partial charge in [-0.2, -0.15) is 0 Å². The molecule has 220 valence electrons. The number of ketones is 2. The summed E-state index contributed by atoms with van der Waals surface area (Å²) in [5.74, 6) is -4.17. The fourth-order valence-electron chi connectivity index (χ4n) is 4.45. The number of carbonyl (C=O) groups is 5. The number of likely N-dealkylation sites (N-methyl/N-ethyl adjacent to an activating group) is 1. The molecule has 1 unspecified atom stereocenters. The van der Waals surface area contributed by atoms with Crippen LogP contribution in [0.3, 0.4) is 0 Å². The largest absolute Gasteiger partial charge is 0.480 e. The average Bonchev–Trinajstić information content (AvgIpc) is 2.84. The summed E-state index contributed by atoms with van der Waals surface area (Å²) in [6.45, 7) is 13.0. The van der Waals surface area contributed by atoms with E-state index in [4.69, 9.17) is 5.73 Å². The second kappa shape index (κ2) is 18.0. The third-order valence-corrected chi connectivity index (χ3v) is 7.19. The number of carboxylic acids is 1. The van der Waals surface area contributed by atoms with Crippen molar-refractivity contribution in [1.82, 2.24) is 16.0 Å². The van der Waals surface area contributed by atoms with Crippen molar-refractivity contribution in [2.24, 2.45) is 35.3 Å². The second-order valence-electron chi connectivity index (χ2n) is 11.2. The van der Waals surface area contributed by atoms with Crippen LogP contribution in [-0.2, 0) is 24.0 Å². The van der Waals surface area contributed by atoms with E-state index in [-0.39, 0.29) is 54.1 Å². The molecule has 0 aromatic rings. The fourth-order valence-corrected chi connectivity index (χ4v) is 4.45. The first-order valence-corrected chi connectivity index (χ1v) is 14.0. The maximum Gasteiger partial charge on any atom is 0.326 e. The highest BCUT2D eigenvalue weighted by atomic mass is 16.4. The summed E-state index contributed by atoms with van der Waals surface area (Å²) in [7, 11) is 1.74. The van der Waals surface area contributed by atoms with Gasteiger partial charge < -0.3 is 26.8 Å². The predicted molar refractivity (Wildman–Crippen MR) is 148 cm³/mol. The van der Waals surface area contributed by atoms with E-state index in [0.717, 1.165) is 12.8 Å². The molecule has 0 aliphatic carbocycles. The number of rotatable bonds is 20. The van der Waals surface area contributed by atoms with Crippen LogP contribution in [0.4, 0.5) is 0 Å². The average molecular weight is 541 g/mol. The van der Waals surface area contributed by atoms with Crippen LogP contribution >= 0.6 is 0 Å². The summed E-state index contributed by atoms with van der Waals surface area (Å²) in [4.78, 5) is 63.6. The van der Waals surface area contributed by atoms with Crippen molar-refractivity contribution in [3.05, 3.63) is 0 Å². The number of amides is 2. The number of nitrogens with one attached hydrogen (secondary N) is 3. The van der Waals surface area contributed by atoms with Crippen molar-refractivity contribution in [1.29, 1.82) is 0 Å². The molecule has 0 fully saturated rings. The van der Waals surface area contributed by atoms with Gasteiger partial charge in [-0.05, 0) is 44.2 Å². The highest BCUT2D eigenvalue weighted by Crippen LogP contribution is 2.20. The molecule has 0 saturated carbocycles. The molecule has 0 heterocycles. The van der Waals surface area contributed by atoms with Crippen molar-refractivity contribution >= 4 is 29.4 Å². The first-order chi connectivity index (χ1) is 17.7. The standard InChI is InChI=1S/C28H52N4O6/c1-9-18(6)25(30-8)22(34)15-20(12-10-11-13-29)27(36)31-23(16(2)3)21(33)14-19(7)26(35)32-24(17(4)5)28(37)38/h16-20,23-25,30H,9-15,29H2,1-8H3,(H,31,36)(H,32,35)(H,37,38)/t18?,19-,20-,23+,24+,25+/m1/s1. The number of hydrogen-bond acceptors (Lipinski definition) is 7. The third-order valence-electron chi connectivity index (χ3n) is 7.19. The van der Waals surface area contributed by atoms with Gasteiger partial charge in [-0.25, -0.2) is 4.79 Å². The first-order valence-electron chi connectivity index (χ1n) is 14.0. The van der Waals surface area contributed by atoms with Crippen LogP contribution in [0.2, 0.25) is 0 Å². The van der Waals surface area contributed by atoms with Gasteiger partial charge in [0.2, 0.25) is 11.8 Å². The van der Waals surface area contributed by atoms with Gasteiger partial charge in [-0.1, -0.05) is 61.3 Å². The van der Waals surface area contributed by atoms with Crippen LogP contribution in [-0.4, -0.2) is 66.2 Å². The smallest absolute Gasteiger partial charge is 0.326 e. The summed E-state index contributed by atoms with van der Waals surface area (Å²) in [5, 5.41) is 17.8. The zero-order valence-electron chi connectivity index (χ0n) is 24.6. The van der Waals surface area contributed by atoms with E-state index in [9.17, 15) is 29.1 Å². The number of hydrogen-bond donors (Lipinski definition) is 5. The molecule has 0 aliphatic heterocycles. The monoisotopic (exact) mass is 540 g/mol. The second-order valence-corrected chi connectivity index (χ2v) is 11.2. The lowest BCUT2D eigenvalue weighted by Gasteiger charge is -2.27. The number of carbonyl (C=O) groups excluding carboxylic acids is 4. The van der Waals surface area contributed by atoms with Gasteiger partial charge in [0.1, 0.15) is 6.04 Å². The van der Waals surface area contributed by atoms with E-state index in [1.54, 1.807) is 41.7 Å². The number of Topliss-reactive ketones (excluding diaryl/α,β-unsaturated/α-hetero) is 2. The lowest BCUT2D eigenvalue weighted by atomic mass is 9.87. The highest BCUT2D eigenvalue weighted by molar-refractivity contribution is 5.95. The molecule has 38 heavy (non-hydrogen) atoms. The van der Waals surface area contributed by atoms with E-state index in [2.05, 4.69) is 16.0 Å². The summed E-state index contributed by atoms with van der Waals surface area (Å²) in [5.41, 5.74) is 5.63. The van der Waals surface area contributed by atoms with Crippen LogP contribution in [0.5, 0.6) is 0 Å². The molecule has 10 heteroatoms. The Labute approximate surface area is 228 Å². The van der Waals surface area contributed by atoms with Crippen molar-refractivity contribution in [3.8, 4) is 0 Å². The lowest BCUT2D eigenvalue weighted by Crippen LogP contribution is -2.50. The summed E-state index contributed by atoms with van der Waals surface area (Å²) >= 11 is 0. The van der Waals surface area contributed by atoms with Crippen LogP contribution < -0.4 is 21.7 Å². The highest BCUT2D eigenvalue weighted by Gasteiger charge is 2.33. The van der Waals surface area contributed by atoms with Crippen LogP contribution in [0, 0.1) is 29.6 Å². The minimum atomic E-state index is -1.14. The molecule has 6 atom stereocenters. The van der Waals surface area contributed by atoms with Crippen LogP contribution in [0.25, 0.3) is 0 Å². The Morgan fingerprint density at radius 2 is 1.29 bits per heavy atom. The van der Waals surface area contributed by atoms with Crippen molar-refractivity contribution in [3.63, 3.8) is 0 Å². The minimum Gasteiger partial charge on any atom is -0.480 e. The maximum atomic E-state index is 13.3. The zero-order chi connectivity index (χ0) is 29.6. The molecule has 0 aliphatic rings. The van der Waals surface area contributed by atoms with Gasteiger partial charge in [-0.3, -0.25) is 19.2 Å². The van der Waals surface area contributed by atoms with Crippen molar-refractivity contribution < 1.29 is 29.1 Å². The molecule has 0 bridgehead atoms. The number of nitrogens with two attached hydrogens (primary N) is 1. The van der Waals surface area contributed by atoms with Crippen molar-refractivity contribution in [2.45, 2.75) is 105 Å². The predicted octanol–water partition coefficient (Wildman–Crippen LogP) is 2.29. The molecule has 0 aromatic heterocycles. The topological polar surface area (TPSA) is 168 Å². The van der Waals surface area contributed by atoms with Gasteiger partial charge in [0.05, 0.1) is 12.1 Å². The summed E-state index contributed by atoms with van der Waals surface area (Å²) in [6.07, 6.45) is 2.64. The third kappa shape index (κ3) is 12.0. The van der Waals surface area contributed by atoms with E-state index < -0.39 is 35.8 Å². The number of unbranched alkanes of at least 4 members (excludes halogenated alkanes) is 1. The van der Waals surface area contributed by atoms with Gasteiger partial charge in [0.25, 0.3) is 0 Å². The molecule has 2 amide bonds. The normalized spacial score (nSPS) is 16.3. The van der Waals surface area contributed by atoms with Gasteiger partial charge in [0, 0.05) is 24.7 Å². The van der Waals surface area contributed by atoms with Gasteiger partial charge >= 0.3 is 5.97 Å². The molecule has 0 rings (SSSR count). The maximum absolute atomic E-state index is 13.3. The molecule has 6 N–H and O–H groups in total. The number of carboxylic acid groups (broad SMARTS) is 1. The molecule has 0 saturated heterocycles. The molecular formula is C28H52N4O6. The van der Waals surface area contributed by atoms with E-state index >= 15 is 0 Å². The molecular weight excluding hydrogens is 488 g/mol.